The van der Waals surface area contributed by atoms with Crippen LogP contribution in [0.5, 0.6) is 0 Å². The minimum Gasteiger partial charge on any atom is -0.369 e. The van der Waals surface area contributed by atoms with E-state index in [9.17, 15) is 9.18 Å². The van der Waals surface area contributed by atoms with Crippen LogP contribution in [0.3, 0.4) is 0 Å². The number of nitrogens with zero attached hydrogens (tertiary/aromatic N) is 2. The van der Waals surface area contributed by atoms with Gasteiger partial charge in [0.1, 0.15) is 0 Å². The van der Waals surface area contributed by atoms with E-state index < -0.39 is 5.82 Å². The first-order valence-corrected chi connectivity index (χ1v) is 11.7. The van der Waals surface area contributed by atoms with E-state index in [4.69, 9.17) is 5.73 Å². The van der Waals surface area contributed by atoms with Gasteiger partial charge in [-0.15, -0.1) is 0 Å². The highest BCUT2D eigenvalue weighted by Crippen LogP contribution is 2.55. The van der Waals surface area contributed by atoms with Gasteiger partial charge in [0.15, 0.2) is 11.6 Å². The molecule has 2 heterocycles. The van der Waals surface area contributed by atoms with Gasteiger partial charge in [0, 0.05) is 22.7 Å². The number of hydrogen-bond donors (Lipinski definition) is 3. The van der Waals surface area contributed by atoms with Gasteiger partial charge in [-0.2, -0.15) is 4.98 Å². The van der Waals surface area contributed by atoms with E-state index in [1.54, 1.807) is 0 Å². The van der Waals surface area contributed by atoms with Crippen molar-refractivity contribution in [1.82, 2.24) is 9.97 Å². The van der Waals surface area contributed by atoms with Crippen molar-refractivity contribution in [2.45, 2.75) is 29.9 Å². The molecule has 2 fully saturated rings. The Balaban J connectivity index is 1.54. The number of carbonyl (C=O) groups is 1. The highest BCUT2D eigenvalue weighted by molar-refractivity contribution is 8.76. The van der Waals surface area contributed by atoms with Crippen LogP contribution in [0.15, 0.2) is 30.5 Å². The number of anilines is 3. The second-order valence-electron chi connectivity index (χ2n) is 7.61. The second-order valence-corrected chi connectivity index (χ2v) is 10.2. The summed E-state index contributed by atoms with van der Waals surface area (Å²) in [5.41, 5.74) is 7.77. The predicted molar refractivity (Wildman–Crippen MR) is 111 cm³/mol. The number of rotatable bonds is 1. The molecule has 146 valence electrons. The van der Waals surface area contributed by atoms with Crippen molar-refractivity contribution in [3.05, 3.63) is 41.8 Å². The number of fused-ring (bicyclic) bond motifs is 5. The van der Waals surface area contributed by atoms with E-state index in [1.807, 2.05) is 33.7 Å². The summed E-state index contributed by atoms with van der Waals surface area (Å²) in [7, 11) is 3.70. The number of aromatic nitrogens is 2. The molecule has 5 rings (SSSR count). The zero-order valence-electron chi connectivity index (χ0n) is 15.0. The molecule has 3 aliphatic rings. The van der Waals surface area contributed by atoms with Gasteiger partial charge in [0.25, 0.3) is 0 Å². The molecule has 6 nitrogen and oxygen atoms in total. The van der Waals surface area contributed by atoms with Gasteiger partial charge < -0.3 is 16.4 Å². The topological polar surface area (TPSA) is 92.9 Å². The summed E-state index contributed by atoms with van der Waals surface area (Å²) in [5.74, 6) is 0.693. The first kappa shape index (κ1) is 18.1. The SMILES string of the molecule is NC(=O)C1C2CC3SSCc4cccc(c4)Nc4ncc(F)c(n4)NC1C3C2. The molecule has 0 saturated heterocycles. The minimum absolute atomic E-state index is 0.117. The Kier molecular flexibility index (Phi) is 4.59. The maximum absolute atomic E-state index is 14.4. The summed E-state index contributed by atoms with van der Waals surface area (Å²) in [5, 5.41) is 6.77. The molecule has 1 aromatic carbocycles. The molecule has 5 atom stereocenters. The molecular formula is C19H20FN5OS2. The van der Waals surface area contributed by atoms with Gasteiger partial charge in [-0.05, 0) is 42.4 Å². The fourth-order valence-electron chi connectivity index (χ4n) is 4.76. The third-order valence-electron chi connectivity index (χ3n) is 5.92. The van der Waals surface area contributed by atoms with E-state index in [2.05, 4.69) is 32.7 Å². The molecule has 1 aromatic heterocycles. The summed E-state index contributed by atoms with van der Waals surface area (Å²) >= 11 is 0. The van der Waals surface area contributed by atoms with Crippen LogP contribution in [0.1, 0.15) is 18.4 Å². The largest absolute Gasteiger partial charge is 0.369 e. The Bertz CT molecular complexity index is 929. The number of primary amides is 1. The van der Waals surface area contributed by atoms with Crippen molar-refractivity contribution in [3.63, 3.8) is 0 Å². The second kappa shape index (κ2) is 7.11. The van der Waals surface area contributed by atoms with Gasteiger partial charge in [-0.3, -0.25) is 4.79 Å². The van der Waals surface area contributed by atoms with Gasteiger partial charge >= 0.3 is 0 Å². The predicted octanol–water partition coefficient (Wildman–Crippen LogP) is 3.54. The highest BCUT2D eigenvalue weighted by atomic mass is 33.1. The molecule has 4 N–H and O–H groups in total. The smallest absolute Gasteiger partial charge is 0.229 e. The molecule has 0 spiro atoms. The monoisotopic (exact) mass is 417 g/mol. The number of nitrogens with two attached hydrogens (primary N) is 1. The molecule has 1 aliphatic heterocycles. The van der Waals surface area contributed by atoms with Crippen molar-refractivity contribution >= 4 is 44.9 Å². The zero-order chi connectivity index (χ0) is 19.3. The first-order valence-electron chi connectivity index (χ1n) is 9.31. The molecule has 2 saturated carbocycles. The van der Waals surface area contributed by atoms with Crippen LogP contribution in [0.25, 0.3) is 0 Å². The number of halogens is 1. The molecule has 9 heteroatoms. The minimum atomic E-state index is -0.532. The van der Waals surface area contributed by atoms with E-state index >= 15 is 0 Å². The lowest BCUT2D eigenvalue weighted by Crippen LogP contribution is -2.46. The van der Waals surface area contributed by atoms with Gasteiger partial charge in [-0.25, -0.2) is 9.37 Å². The Hall–Kier alpha value is -2.00. The molecule has 0 radical (unpaired) electrons. The van der Waals surface area contributed by atoms with Crippen LogP contribution in [0, 0.1) is 23.6 Å². The Morgan fingerprint density at radius 1 is 1.32 bits per heavy atom. The van der Waals surface area contributed by atoms with Crippen molar-refractivity contribution in [2.24, 2.45) is 23.5 Å². The highest BCUT2D eigenvalue weighted by Gasteiger charge is 2.55. The maximum Gasteiger partial charge on any atom is 0.229 e. The molecular weight excluding hydrogens is 397 g/mol. The summed E-state index contributed by atoms with van der Waals surface area (Å²) in [6, 6.07) is 7.87. The number of benzene rings is 1. The molecule has 5 unspecified atom stereocenters. The molecule has 2 aliphatic carbocycles. The van der Waals surface area contributed by atoms with Crippen LogP contribution in [-0.2, 0) is 10.5 Å². The van der Waals surface area contributed by atoms with Gasteiger partial charge in [0.05, 0.1) is 12.1 Å². The maximum atomic E-state index is 14.4. The number of nitrogens with one attached hydrogen (secondary N) is 2. The van der Waals surface area contributed by atoms with Crippen molar-refractivity contribution in [1.29, 1.82) is 0 Å². The fraction of sp³-hybridized carbons (Fsp3) is 0.421. The van der Waals surface area contributed by atoms with Gasteiger partial charge in [0.2, 0.25) is 11.9 Å². The Morgan fingerprint density at radius 3 is 3.07 bits per heavy atom. The van der Waals surface area contributed by atoms with Crippen LogP contribution in [0.2, 0.25) is 0 Å². The normalized spacial score (nSPS) is 30.8. The first-order chi connectivity index (χ1) is 13.6. The number of hydrogen-bond acceptors (Lipinski definition) is 7. The fourth-order valence-corrected chi connectivity index (χ4v) is 7.87. The van der Waals surface area contributed by atoms with E-state index in [0.29, 0.717) is 11.2 Å². The van der Waals surface area contributed by atoms with E-state index in [1.165, 1.54) is 5.56 Å². The molecule has 28 heavy (non-hydrogen) atoms. The third-order valence-corrected chi connectivity index (χ3v) is 8.80. The van der Waals surface area contributed by atoms with Crippen molar-refractivity contribution in [2.75, 3.05) is 10.6 Å². The number of carbonyl (C=O) groups excluding carboxylic acids is 1. The van der Waals surface area contributed by atoms with E-state index in [0.717, 1.165) is 30.5 Å². The molecule has 1 amide bonds. The third kappa shape index (κ3) is 3.20. The van der Waals surface area contributed by atoms with Crippen LogP contribution >= 0.6 is 21.6 Å². The van der Waals surface area contributed by atoms with Crippen LogP contribution < -0.4 is 16.4 Å². The van der Waals surface area contributed by atoms with Crippen molar-refractivity contribution < 1.29 is 9.18 Å². The summed E-state index contributed by atoms with van der Waals surface area (Å²) in [6.45, 7) is 0. The summed E-state index contributed by atoms with van der Waals surface area (Å²) < 4.78 is 14.4. The van der Waals surface area contributed by atoms with Crippen LogP contribution in [0.4, 0.5) is 21.8 Å². The number of amides is 1. The molecule has 2 aromatic rings. The lowest BCUT2D eigenvalue weighted by atomic mass is 9.83. The summed E-state index contributed by atoms with van der Waals surface area (Å²) in [6.07, 6.45) is 3.08. The van der Waals surface area contributed by atoms with Crippen molar-refractivity contribution in [3.8, 4) is 0 Å². The standard InChI is InChI=1S/C19H20FN5OS2/c20-13-7-22-19-23-11-3-1-2-9(4-11)8-27-28-14-6-10-5-12(14)16(15(10)17(21)26)24-18(13)25-19/h1-4,7,10,12,14-16H,5-6,8H2,(H2,21,26)(H2,22,23,24,25). The van der Waals surface area contributed by atoms with E-state index in [-0.39, 0.29) is 35.5 Å². The Labute approximate surface area is 170 Å². The quantitative estimate of drug-likeness (QED) is 0.611. The lowest BCUT2D eigenvalue weighted by Gasteiger charge is -2.34. The molecule has 6 bridgehead atoms. The Morgan fingerprint density at radius 2 is 2.21 bits per heavy atom. The summed E-state index contributed by atoms with van der Waals surface area (Å²) in [4.78, 5) is 20.5. The average molecular weight is 418 g/mol. The lowest BCUT2D eigenvalue weighted by molar-refractivity contribution is -0.123. The average Bonchev–Trinajstić information content (AvgIpc) is 3.22. The van der Waals surface area contributed by atoms with Gasteiger partial charge in [-0.1, -0.05) is 33.7 Å². The van der Waals surface area contributed by atoms with Crippen LogP contribution in [-0.4, -0.2) is 27.2 Å². The zero-order valence-corrected chi connectivity index (χ0v) is 16.6.